The van der Waals surface area contributed by atoms with E-state index in [4.69, 9.17) is 22.1 Å². The molecule has 1 aromatic heterocycles. The molecule has 0 saturated heterocycles. The zero-order valence-electron chi connectivity index (χ0n) is 9.16. The van der Waals surface area contributed by atoms with E-state index in [0.717, 1.165) is 12.8 Å². The lowest BCUT2D eigenvalue weighted by Crippen LogP contribution is -2.52. The summed E-state index contributed by atoms with van der Waals surface area (Å²) < 4.78 is 4.93. The van der Waals surface area contributed by atoms with E-state index in [9.17, 15) is 0 Å². The molecule has 1 heterocycles. The van der Waals surface area contributed by atoms with Crippen molar-refractivity contribution in [1.29, 1.82) is 0 Å². The smallest absolute Gasteiger partial charge is 0.318 e. The van der Waals surface area contributed by atoms with Gasteiger partial charge in [0, 0.05) is 12.1 Å². The van der Waals surface area contributed by atoms with Crippen molar-refractivity contribution in [3.05, 3.63) is 11.2 Å². The summed E-state index contributed by atoms with van der Waals surface area (Å²) >= 11 is 5.96. The number of halogens is 1. The van der Waals surface area contributed by atoms with E-state index in [0.29, 0.717) is 23.4 Å². The first-order valence-corrected chi connectivity index (χ1v) is 5.60. The Morgan fingerprint density at radius 1 is 1.62 bits per heavy atom. The molecule has 3 N–H and O–H groups in total. The van der Waals surface area contributed by atoms with Gasteiger partial charge >= 0.3 is 6.01 Å². The zero-order chi connectivity index (χ0) is 11.6. The molecule has 0 bridgehead atoms. The molecule has 0 amide bonds. The molecule has 0 aliphatic heterocycles. The van der Waals surface area contributed by atoms with Crippen LogP contribution in [0, 0.1) is 0 Å². The average Bonchev–Trinajstić information content (AvgIpc) is 2.25. The van der Waals surface area contributed by atoms with Gasteiger partial charge in [-0.05, 0) is 19.3 Å². The van der Waals surface area contributed by atoms with Crippen LogP contribution in [0.5, 0.6) is 6.01 Å². The summed E-state index contributed by atoms with van der Waals surface area (Å²) in [4.78, 5) is 8.02. The first-order chi connectivity index (χ1) is 7.63. The van der Waals surface area contributed by atoms with E-state index >= 15 is 0 Å². The summed E-state index contributed by atoms with van der Waals surface area (Å²) in [6.45, 7) is 0.673. The Morgan fingerprint density at radius 2 is 2.38 bits per heavy atom. The number of ether oxygens (including phenoxy) is 1. The van der Waals surface area contributed by atoms with Crippen LogP contribution in [0.2, 0.25) is 5.02 Å². The van der Waals surface area contributed by atoms with Crippen molar-refractivity contribution in [3.63, 3.8) is 0 Å². The molecule has 0 spiro atoms. The van der Waals surface area contributed by atoms with Gasteiger partial charge in [0.15, 0.2) is 5.82 Å². The molecule has 0 aromatic carbocycles. The molecule has 2 rings (SSSR count). The van der Waals surface area contributed by atoms with Crippen molar-refractivity contribution >= 4 is 17.4 Å². The fourth-order valence-corrected chi connectivity index (χ4v) is 1.80. The first-order valence-electron chi connectivity index (χ1n) is 5.22. The van der Waals surface area contributed by atoms with Gasteiger partial charge in [-0.25, -0.2) is 4.98 Å². The highest BCUT2D eigenvalue weighted by Gasteiger charge is 2.32. The fourth-order valence-electron chi connectivity index (χ4n) is 1.64. The molecule has 0 unspecified atom stereocenters. The minimum absolute atomic E-state index is 0.110. The monoisotopic (exact) mass is 242 g/mol. The number of rotatable bonds is 4. The lowest BCUT2D eigenvalue weighted by Gasteiger charge is -2.38. The lowest BCUT2D eigenvalue weighted by atomic mass is 9.78. The van der Waals surface area contributed by atoms with Crippen LogP contribution in [0.1, 0.15) is 19.3 Å². The molecule has 0 atom stereocenters. The van der Waals surface area contributed by atoms with Gasteiger partial charge in [-0.1, -0.05) is 11.6 Å². The molecule has 1 saturated carbocycles. The Hall–Kier alpha value is -1.07. The minimum atomic E-state index is -0.110. The normalized spacial score (nSPS) is 17.7. The van der Waals surface area contributed by atoms with Crippen LogP contribution in [0.3, 0.4) is 0 Å². The topological polar surface area (TPSA) is 73.1 Å². The number of anilines is 1. The maximum Gasteiger partial charge on any atom is 0.318 e. The molecule has 6 heteroatoms. The van der Waals surface area contributed by atoms with Gasteiger partial charge in [0.1, 0.15) is 5.02 Å². The molecule has 1 fully saturated rings. The number of methoxy groups -OCH3 is 1. The van der Waals surface area contributed by atoms with E-state index in [1.165, 1.54) is 19.7 Å². The molecule has 1 aliphatic rings. The quantitative estimate of drug-likeness (QED) is 0.836. The number of nitrogens with zero attached hydrogens (tertiary/aromatic N) is 2. The average molecular weight is 243 g/mol. The number of aromatic nitrogens is 2. The van der Waals surface area contributed by atoms with E-state index in [1.807, 2.05) is 0 Å². The maximum absolute atomic E-state index is 6.09. The van der Waals surface area contributed by atoms with Crippen LogP contribution in [-0.2, 0) is 0 Å². The number of nitrogens with one attached hydrogen (secondary N) is 1. The summed E-state index contributed by atoms with van der Waals surface area (Å²) in [5.74, 6) is 0.574. The van der Waals surface area contributed by atoms with Crippen LogP contribution in [0.15, 0.2) is 6.20 Å². The maximum atomic E-state index is 6.09. The molecular weight excluding hydrogens is 228 g/mol. The van der Waals surface area contributed by atoms with E-state index < -0.39 is 0 Å². The summed E-state index contributed by atoms with van der Waals surface area (Å²) in [5.41, 5.74) is 5.98. The van der Waals surface area contributed by atoms with Crippen LogP contribution in [0.25, 0.3) is 0 Å². The number of hydrogen-bond donors (Lipinski definition) is 2. The molecule has 1 aromatic rings. The molecule has 1 aliphatic carbocycles. The van der Waals surface area contributed by atoms with Gasteiger partial charge in [0.25, 0.3) is 0 Å². The minimum Gasteiger partial charge on any atom is -0.467 e. The third-order valence-corrected chi connectivity index (χ3v) is 3.14. The second kappa shape index (κ2) is 4.43. The van der Waals surface area contributed by atoms with Crippen LogP contribution < -0.4 is 15.8 Å². The molecule has 0 radical (unpaired) electrons. The summed E-state index contributed by atoms with van der Waals surface area (Å²) in [5, 5.41) is 3.62. The van der Waals surface area contributed by atoms with Gasteiger partial charge in [0.2, 0.25) is 0 Å². The second-order valence-electron chi connectivity index (χ2n) is 4.12. The fraction of sp³-hybridized carbons (Fsp3) is 0.600. The SMILES string of the molecule is COc1ncc(Cl)c(NCC2(N)CCC2)n1. The second-order valence-corrected chi connectivity index (χ2v) is 4.53. The molecule has 16 heavy (non-hydrogen) atoms. The third-order valence-electron chi connectivity index (χ3n) is 2.86. The Labute approximate surface area is 99.4 Å². The standard InChI is InChI=1S/C10H15ClN4O/c1-16-9-13-5-7(11)8(15-9)14-6-10(12)3-2-4-10/h5H,2-4,6,12H2,1H3,(H,13,14,15). The van der Waals surface area contributed by atoms with E-state index in [2.05, 4.69) is 15.3 Å². The third kappa shape index (κ3) is 2.36. The first kappa shape index (κ1) is 11.4. The van der Waals surface area contributed by atoms with Crippen molar-refractivity contribution in [1.82, 2.24) is 9.97 Å². The highest BCUT2D eigenvalue weighted by atomic mass is 35.5. The summed E-state index contributed by atoms with van der Waals surface area (Å²) in [6.07, 6.45) is 4.79. The predicted molar refractivity (Wildman–Crippen MR) is 62.9 cm³/mol. The predicted octanol–water partition coefficient (Wildman–Crippen LogP) is 1.43. The van der Waals surface area contributed by atoms with Crippen LogP contribution in [0.4, 0.5) is 5.82 Å². The molecular formula is C10H15ClN4O. The van der Waals surface area contributed by atoms with Gasteiger partial charge in [-0.2, -0.15) is 4.98 Å². The van der Waals surface area contributed by atoms with Gasteiger partial charge < -0.3 is 15.8 Å². The summed E-state index contributed by atoms with van der Waals surface area (Å²) in [6, 6.07) is 0.298. The van der Waals surface area contributed by atoms with Crippen molar-refractivity contribution in [2.75, 3.05) is 19.0 Å². The Balaban J connectivity index is 2.02. The van der Waals surface area contributed by atoms with Gasteiger partial charge in [0.05, 0.1) is 13.3 Å². The van der Waals surface area contributed by atoms with Crippen LogP contribution in [-0.4, -0.2) is 29.2 Å². The molecule has 5 nitrogen and oxygen atoms in total. The van der Waals surface area contributed by atoms with E-state index in [-0.39, 0.29) is 5.54 Å². The molecule has 88 valence electrons. The van der Waals surface area contributed by atoms with Crippen molar-refractivity contribution in [3.8, 4) is 6.01 Å². The number of hydrogen-bond acceptors (Lipinski definition) is 5. The Morgan fingerprint density at radius 3 is 2.94 bits per heavy atom. The zero-order valence-corrected chi connectivity index (χ0v) is 9.92. The highest BCUT2D eigenvalue weighted by molar-refractivity contribution is 6.32. The number of nitrogens with two attached hydrogens (primary N) is 1. The van der Waals surface area contributed by atoms with Crippen molar-refractivity contribution < 1.29 is 4.74 Å². The largest absolute Gasteiger partial charge is 0.467 e. The Kier molecular flexibility index (Phi) is 3.16. The Bertz CT molecular complexity index is 381. The summed E-state index contributed by atoms with van der Waals surface area (Å²) in [7, 11) is 1.52. The van der Waals surface area contributed by atoms with Gasteiger partial charge in [-0.3, -0.25) is 0 Å². The lowest BCUT2D eigenvalue weighted by molar-refractivity contribution is 0.265. The van der Waals surface area contributed by atoms with Crippen molar-refractivity contribution in [2.24, 2.45) is 5.73 Å². The van der Waals surface area contributed by atoms with Gasteiger partial charge in [-0.15, -0.1) is 0 Å². The van der Waals surface area contributed by atoms with Crippen LogP contribution >= 0.6 is 11.6 Å². The van der Waals surface area contributed by atoms with E-state index in [1.54, 1.807) is 0 Å². The highest BCUT2D eigenvalue weighted by Crippen LogP contribution is 2.30. The van der Waals surface area contributed by atoms with Crippen molar-refractivity contribution in [2.45, 2.75) is 24.8 Å².